The van der Waals surface area contributed by atoms with Crippen molar-refractivity contribution in [2.75, 3.05) is 13.1 Å². The molecule has 120 valence electrons. The lowest BCUT2D eigenvalue weighted by molar-refractivity contribution is 0.0788. The van der Waals surface area contributed by atoms with Crippen LogP contribution in [0.1, 0.15) is 33.9 Å². The molecule has 1 N–H and O–H groups in total. The molecule has 0 unspecified atom stereocenters. The number of aromatic nitrogens is 2. The summed E-state index contributed by atoms with van der Waals surface area (Å²) in [5.41, 5.74) is 0.608. The van der Waals surface area contributed by atoms with Crippen LogP contribution >= 0.6 is 11.3 Å². The molecule has 2 aliphatic rings. The van der Waals surface area contributed by atoms with E-state index in [4.69, 9.17) is 0 Å². The third-order valence-electron chi connectivity index (χ3n) is 5.02. The van der Waals surface area contributed by atoms with Crippen LogP contribution in [0.25, 0.3) is 10.2 Å². The number of nitrogens with one attached hydrogen (secondary N) is 1. The number of rotatable bonds is 1. The van der Waals surface area contributed by atoms with Crippen molar-refractivity contribution in [3.05, 3.63) is 38.8 Å². The number of fused-ring (bicyclic) bond motifs is 2. The molecular weight excluding hydrogens is 310 g/mol. The Hall–Kier alpha value is -1.95. The van der Waals surface area contributed by atoms with E-state index >= 15 is 0 Å². The van der Waals surface area contributed by atoms with Crippen LogP contribution in [0.4, 0.5) is 0 Å². The first-order valence-corrected chi connectivity index (χ1v) is 8.80. The quantitative estimate of drug-likeness (QED) is 0.818. The molecule has 0 saturated carbocycles. The molecule has 0 aromatic carbocycles. The van der Waals surface area contributed by atoms with Gasteiger partial charge in [-0.05, 0) is 44.1 Å². The summed E-state index contributed by atoms with van der Waals surface area (Å²) in [5, 5.41) is 0.558. The first kappa shape index (κ1) is 14.6. The van der Waals surface area contributed by atoms with Gasteiger partial charge in [0.25, 0.3) is 11.5 Å². The second kappa shape index (κ2) is 5.30. The van der Waals surface area contributed by atoms with E-state index in [1.807, 2.05) is 11.8 Å². The number of likely N-dealkylation sites (tertiary alicyclic amines) is 1. The fourth-order valence-corrected chi connectivity index (χ4v) is 4.98. The second-order valence-corrected chi connectivity index (χ2v) is 7.56. The first-order chi connectivity index (χ1) is 11.0. The zero-order valence-electron chi connectivity index (χ0n) is 13.3. The Kier molecular flexibility index (Phi) is 3.37. The number of thiophene rings is 1. The molecule has 1 aliphatic heterocycles. The minimum Gasteiger partial charge on any atom is -0.337 e. The SMILES string of the molecule is Cc1nc2sc(C(=O)N3C[C@H]4CC=CC[C@H]4C3)c(C)c2c(=O)[nH]1. The summed E-state index contributed by atoms with van der Waals surface area (Å²) in [6.07, 6.45) is 6.60. The smallest absolute Gasteiger partial charge is 0.264 e. The monoisotopic (exact) mass is 329 g/mol. The van der Waals surface area contributed by atoms with E-state index in [9.17, 15) is 9.59 Å². The average molecular weight is 329 g/mol. The Bertz CT molecular complexity index is 864. The largest absolute Gasteiger partial charge is 0.337 e. The van der Waals surface area contributed by atoms with Crippen LogP contribution in [0, 0.1) is 25.7 Å². The Morgan fingerprint density at radius 2 is 1.91 bits per heavy atom. The number of carbonyl (C=O) groups is 1. The number of amides is 1. The van der Waals surface area contributed by atoms with Crippen molar-refractivity contribution < 1.29 is 4.79 Å². The fourth-order valence-electron chi connectivity index (χ4n) is 3.78. The molecule has 0 radical (unpaired) electrons. The minimum absolute atomic E-state index is 0.0527. The fraction of sp³-hybridized carbons (Fsp3) is 0.471. The van der Waals surface area contributed by atoms with E-state index in [0.29, 0.717) is 32.8 Å². The number of carbonyl (C=O) groups excluding carboxylic acids is 1. The van der Waals surface area contributed by atoms with E-state index in [0.717, 1.165) is 31.5 Å². The second-order valence-electron chi connectivity index (χ2n) is 6.56. The van der Waals surface area contributed by atoms with Crippen molar-refractivity contribution >= 4 is 27.5 Å². The number of H-pyrrole nitrogens is 1. The van der Waals surface area contributed by atoms with Crippen LogP contribution in [0.2, 0.25) is 0 Å². The number of aryl methyl sites for hydroxylation is 2. The number of nitrogens with zero attached hydrogens (tertiary/aromatic N) is 2. The summed E-state index contributed by atoms with van der Waals surface area (Å²) in [6, 6.07) is 0. The zero-order chi connectivity index (χ0) is 16.1. The number of aromatic amines is 1. The van der Waals surface area contributed by atoms with Crippen LogP contribution in [0.3, 0.4) is 0 Å². The van der Waals surface area contributed by atoms with Crippen LogP contribution in [0.15, 0.2) is 16.9 Å². The Morgan fingerprint density at radius 1 is 1.26 bits per heavy atom. The minimum atomic E-state index is -0.153. The van der Waals surface area contributed by atoms with Gasteiger partial charge in [0.05, 0.1) is 10.3 Å². The van der Waals surface area contributed by atoms with Crippen LogP contribution < -0.4 is 5.56 Å². The standard InChI is InChI=1S/C17H19N3O2S/c1-9-13-15(21)18-10(2)19-16(13)23-14(9)17(22)20-7-11-5-3-4-6-12(11)8-20/h3-4,11-12H,5-8H2,1-2H3,(H,18,19,21)/t11-,12+. The zero-order valence-corrected chi connectivity index (χ0v) is 14.1. The molecule has 2 atom stereocenters. The Balaban J connectivity index is 1.69. The predicted octanol–water partition coefficient (Wildman–Crippen LogP) is 2.64. The van der Waals surface area contributed by atoms with E-state index in [1.165, 1.54) is 11.3 Å². The van der Waals surface area contributed by atoms with Crippen LogP contribution in [0.5, 0.6) is 0 Å². The lowest BCUT2D eigenvalue weighted by Gasteiger charge is -2.17. The van der Waals surface area contributed by atoms with Gasteiger partial charge in [-0.3, -0.25) is 9.59 Å². The molecule has 1 fully saturated rings. The molecule has 3 heterocycles. The third kappa shape index (κ3) is 2.32. The van der Waals surface area contributed by atoms with Gasteiger partial charge in [0.2, 0.25) is 0 Å². The highest BCUT2D eigenvalue weighted by atomic mass is 32.1. The van der Waals surface area contributed by atoms with E-state index in [-0.39, 0.29) is 11.5 Å². The van der Waals surface area contributed by atoms with E-state index < -0.39 is 0 Å². The van der Waals surface area contributed by atoms with Gasteiger partial charge in [-0.25, -0.2) is 4.98 Å². The summed E-state index contributed by atoms with van der Waals surface area (Å²) < 4.78 is 0. The summed E-state index contributed by atoms with van der Waals surface area (Å²) >= 11 is 1.34. The van der Waals surface area contributed by atoms with Gasteiger partial charge in [0.1, 0.15) is 10.7 Å². The molecule has 6 heteroatoms. The lowest BCUT2D eigenvalue weighted by atomic mass is 9.86. The highest BCUT2D eigenvalue weighted by Crippen LogP contribution is 2.35. The van der Waals surface area contributed by atoms with Gasteiger partial charge in [0, 0.05) is 13.1 Å². The summed E-state index contributed by atoms with van der Waals surface area (Å²) in [4.78, 5) is 35.5. The number of hydrogen-bond donors (Lipinski definition) is 1. The van der Waals surface area contributed by atoms with Crippen molar-refractivity contribution in [2.45, 2.75) is 26.7 Å². The highest BCUT2D eigenvalue weighted by Gasteiger charge is 2.36. The van der Waals surface area contributed by atoms with Gasteiger partial charge in [0.15, 0.2) is 0 Å². The molecule has 2 aromatic heterocycles. The lowest BCUT2D eigenvalue weighted by Crippen LogP contribution is -2.28. The average Bonchev–Trinajstić information content (AvgIpc) is 3.08. The topological polar surface area (TPSA) is 66.1 Å². The summed E-state index contributed by atoms with van der Waals surface area (Å²) in [5.74, 6) is 1.81. The number of allylic oxidation sites excluding steroid dienone is 2. The molecule has 0 spiro atoms. The maximum absolute atomic E-state index is 13.0. The first-order valence-electron chi connectivity index (χ1n) is 7.99. The summed E-state index contributed by atoms with van der Waals surface area (Å²) in [6.45, 7) is 5.26. The molecule has 0 bridgehead atoms. The van der Waals surface area contributed by atoms with Crippen molar-refractivity contribution in [1.29, 1.82) is 0 Å². The molecule has 4 rings (SSSR count). The van der Waals surface area contributed by atoms with Crippen molar-refractivity contribution in [3.8, 4) is 0 Å². The molecule has 23 heavy (non-hydrogen) atoms. The normalized spacial score (nSPS) is 23.5. The van der Waals surface area contributed by atoms with E-state index in [2.05, 4.69) is 22.1 Å². The third-order valence-corrected chi connectivity index (χ3v) is 6.19. The Morgan fingerprint density at radius 3 is 2.57 bits per heavy atom. The van der Waals surface area contributed by atoms with Crippen molar-refractivity contribution in [1.82, 2.24) is 14.9 Å². The molecule has 1 saturated heterocycles. The molecule has 5 nitrogen and oxygen atoms in total. The summed E-state index contributed by atoms with van der Waals surface area (Å²) in [7, 11) is 0. The maximum atomic E-state index is 13.0. The number of hydrogen-bond acceptors (Lipinski definition) is 4. The molecule has 2 aromatic rings. The molecule has 1 amide bonds. The van der Waals surface area contributed by atoms with Crippen molar-refractivity contribution in [3.63, 3.8) is 0 Å². The van der Waals surface area contributed by atoms with Gasteiger partial charge in [-0.2, -0.15) is 0 Å². The molecule has 1 aliphatic carbocycles. The van der Waals surface area contributed by atoms with Crippen LogP contribution in [-0.2, 0) is 0 Å². The maximum Gasteiger partial charge on any atom is 0.264 e. The van der Waals surface area contributed by atoms with Gasteiger partial charge in [-0.1, -0.05) is 12.2 Å². The van der Waals surface area contributed by atoms with Gasteiger partial charge < -0.3 is 9.88 Å². The highest BCUT2D eigenvalue weighted by molar-refractivity contribution is 7.20. The van der Waals surface area contributed by atoms with E-state index in [1.54, 1.807) is 6.92 Å². The molecular formula is C17H19N3O2S. The van der Waals surface area contributed by atoms with Crippen LogP contribution in [-0.4, -0.2) is 33.9 Å². The van der Waals surface area contributed by atoms with Crippen molar-refractivity contribution in [2.24, 2.45) is 11.8 Å². The van der Waals surface area contributed by atoms with Gasteiger partial charge >= 0.3 is 0 Å². The predicted molar refractivity (Wildman–Crippen MR) is 91.0 cm³/mol. The van der Waals surface area contributed by atoms with Gasteiger partial charge in [-0.15, -0.1) is 11.3 Å². The Labute approximate surface area is 138 Å².